The highest BCUT2D eigenvalue weighted by Gasteiger charge is 2.10. The molecule has 0 saturated carbocycles. The van der Waals surface area contributed by atoms with Gasteiger partial charge in [0, 0.05) is 4.70 Å². The zero-order valence-corrected chi connectivity index (χ0v) is 11.6. The fourth-order valence-corrected chi connectivity index (χ4v) is 3.05. The summed E-state index contributed by atoms with van der Waals surface area (Å²) < 4.78 is 3.17. The molecular weight excluding hydrogens is 256 g/mol. The molecule has 3 aromatic rings. The van der Waals surface area contributed by atoms with E-state index in [4.69, 9.17) is 5.73 Å². The van der Waals surface area contributed by atoms with Gasteiger partial charge < -0.3 is 5.73 Å². The summed E-state index contributed by atoms with van der Waals surface area (Å²) in [4.78, 5) is 0. The molecule has 2 aromatic heterocycles. The topological polar surface area (TPSA) is 56.7 Å². The molecule has 1 aromatic carbocycles. The van der Waals surface area contributed by atoms with E-state index in [2.05, 4.69) is 46.9 Å². The number of hydrogen-bond acceptors (Lipinski definition) is 4. The molecule has 1 unspecified atom stereocenters. The van der Waals surface area contributed by atoms with Crippen molar-refractivity contribution in [2.75, 3.05) is 0 Å². The molecule has 0 bridgehead atoms. The van der Waals surface area contributed by atoms with E-state index < -0.39 is 0 Å². The summed E-state index contributed by atoms with van der Waals surface area (Å²) in [7, 11) is 0. The minimum absolute atomic E-state index is 0.0204. The van der Waals surface area contributed by atoms with E-state index in [-0.39, 0.29) is 6.04 Å². The van der Waals surface area contributed by atoms with Crippen LogP contribution in [0.1, 0.15) is 30.6 Å². The maximum atomic E-state index is 5.96. The van der Waals surface area contributed by atoms with E-state index in [1.54, 1.807) is 11.3 Å². The highest BCUT2D eigenvalue weighted by molar-refractivity contribution is 7.17. The molecule has 2 N–H and O–H groups in total. The fourth-order valence-electron chi connectivity index (χ4n) is 2.10. The Balaban J connectivity index is 1.87. The molecule has 5 heteroatoms. The van der Waals surface area contributed by atoms with Gasteiger partial charge in [-0.2, -0.15) is 0 Å². The van der Waals surface area contributed by atoms with Gasteiger partial charge in [-0.25, -0.2) is 4.68 Å². The number of nitrogens with two attached hydrogens (primary N) is 1. The van der Waals surface area contributed by atoms with Gasteiger partial charge in [0.05, 0.1) is 24.5 Å². The quantitative estimate of drug-likeness (QED) is 0.794. The summed E-state index contributed by atoms with van der Waals surface area (Å²) >= 11 is 1.76. The predicted molar refractivity (Wildman–Crippen MR) is 78.2 cm³/mol. The summed E-state index contributed by atoms with van der Waals surface area (Å²) in [6.07, 6.45) is 2.82. The van der Waals surface area contributed by atoms with Crippen LogP contribution in [0.15, 0.2) is 35.8 Å². The highest BCUT2D eigenvalue weighted by atomic mass is 32.1. The number of benzene rings is 1. The van der Waals surface area contributed by atoms with Crippen molar-refractivity contribution in [3.05, 3.63) is 47.1 Å². The second kappa shape index (κ2) is 5.11. The van der Waals surface area contributed by atoms with Crippen LogP contribution in [0.3, 0.4) is 0 Å². The van der Waals surface area contributed by atoms with Gasteiger partial charge in [-0.3, -0.25) is 0 Å². The number of thiophene rings is 1. The molecule has 0 aliphatic heterocycles. The zero-order chi connectivity index (χ0) is 13.2. The van der Waals surface area contributed by atoms with Gasteiger partial charge in [-0.1, -0.05) is 30.3 Å². The minimum Gasteiger partial charge on any atom is -0.323 e. The first-order chi connectivity index (χ1) is 9.28. The lowest BCUT2D eigenvalue weighted by atomic mass is 10.2. The van der Waals surface area contributed by atoms with Gasteiger partial charge in [-0.15, -0.1) is 16.4 Å². The van der Waals surface area contributed by atoms with Crippen molar-refractivity contribution in [3.63, 3.8) is 0 Å². The first-order valence-corrected chi connectivity index (χ1v) is 7.26. The number of nitrogens with zero attached hydrogens (tertiary/aromatic N) is 3. The van der Waals surface area contributed by atoms with E-state index in [1.807, 2.05) is 10.9 Å². The third-order valence-electron chi connectivity index (χ3n) is 3.27. The third-order valence-corrected chi connectivity index (χ3v) is 4.28. The van der Waals surface area contributed by atoms with Crippen LogP contribution < -0.4 is 5.73 Å². The van der Waals surface area contributed by atoms with Crippen LogP contribution in [0.5, 0.6) is 0 Å². The summed E-state index contributed by atoms with van der Waals surface area (Å²) in [5.41, 5.74) is 8.10. The molecule has 98 valence electrons. The summed E-state index contributed by atoms with van der Waals surface area (Å²) in [5, 5.41) is 11.8. The van der Waals surface area contributed by atoms with Crippen LogP contribution >= 0.6 is 11.3 Å². The Labute approximate surface area is 115 Å². The van der Waals surface area contributed by atoms with Gasteiger partial charge in [0.25, 0.3) is 0 Å². The molecule has 1 atom stereocenters. The molecule has 3 rings (SSSR count). The van der Waals surface area contributed by atoms with E-state index >= 15 is 0 Å². The molecule has 19 heavy (non-hydrogen) atoms. The second-order valence-corrected chi connectivity index (χ2v) is 5.52. The Kier molecular flexibility index (Phi) is 3.31. The van der Waals surface area contributed by atoms with Crippen LogP contribution in [0.25, 0.3) is 10.1 Å². The Morgan fingerprint density at radius 2 is 2.21 bits per heavy atom. The van der Waals surface area contributed by atoms with Gasteiger partial charge in [-0.05, 0) is 28.8 Å². The van der Waals surface area contributed by atoms with Crippen molar-refractivity contribution in [3.8, 4) is 0 Å². The lowest BCUT2D eigenvalue weighted by Crippen LogP contribution is -2.08. The van der Waals surface area contributed by atoms with Gasteiger partial charge in [0.2, 0.25) is 0 Å². The van der Waals surface area contributed by atoms with Crippen molar-refractivity contribution in [2.45, 2.75) is 25.9 Å². The number of fused-ring (bicyclic) bond motifs is 1. The Morgan fingerprint density at radius 3 is 3.05 bits per heavy atom. The Bertz CT molecular complexity index is 685. The molecular formula is C14H16N4S. The minimum atomic E-state index is -0.0204. The molecule has 0 radical (unpaired) electrons. The lowest BCUT2D eigenvalue weighted by Gasteiger charge is -2.02. The average Bonchev–Trinajstić information content (AvgIpc) is 3.06. The molecule has 0 saturated heterocycles. The van der Waals surface area contributed by atoms with Crippen molar-refractivity contribution in [2.24, 2.45) is 5.73 Å². The molecule has 0 fully saturated rings. The monoisotopic (exact) mass is 272 g/mol. The predicted octanol–water partition coefficient (Wildman–Crippen LogP) is 2.95. The van der Waals surface area contributed by atoms with Gasteiger partial charge in [0.1, 0.15) is 0 Å². The number of hydrogen-bond donors (Lipinski definition) is 1. The van der Waals surface area contributed by atoms with Crippen molar-refractivity contribution in [1.29, 1.82) is 0 Å². The van der Waals surface area contributed by atoms with Crippen LogP contribution in [0.4, 0.5) is 0 Å². The normalized spacial score (nSPS) is 12.9. The maximum Gasteiger partial charge on any atom is 0.0994 e. The second-order valence-electron chi connectivity index (χ2n) is 4.61. The summed E-state index contributed by atoms with van der Waals surface area (Å²) in [5.74, 6) is 0. The van der Waals surface area contributed by atoms with Gasteiger partial charge in [0.15, 0.2) is 0 Å². The first-order valence-electron chi connectivity index (χ1n) is 6.38. The summed E-state index contributed by atoms with van der Waals surface area (Å²) in [6.45, 7) is 2.80. The number of aromatic nitrogens is 3. The Morgan fingerprint density at radius 1 is 1.37 bits per heavy atom. The van der Waals surface area contributed by atoms with Crippen molar-refractivity contribution in [1.82, 2.24) is 15.0 Å². The standard InChI is InChI=1S/C14H16N4S/c1-2-12(15)13-8-18(17-16-13)7-10-9-19-14-6-4-3-5-11(10)14/h3-6,8-9,12H,2,7,15H2,1H3. The molecule has 0 amide bonds. The van der Waals surface area contributed by atoms with E-state index in [0.29, 0.717) is 0 Å². The largest absolute Gasteiger partial charge is 0.323 e. The third kappa shape index (κ3) is 2.39. The smallest absolute Gasteiger partial charge is 0.0994 e. The number of rotatable bonds is 4. The van der Waals surface area contributed by atoms with Crippen LogP contribution in [-0.2, 0) is 6.54 Å². The van der Waals surface area contributed by atoms with Crippen molar-refractivity contribution >= 4 is 21.4 Å². The SMILES string of the molecule is CCC(N)c1cn(Cc2csc3ccccc23)nn1. The van der Waals surface area contributed by atoms with Crippen LogP contribution in [0.2, 0.25) is 0 Å². The highest BCUT2D eigenvalue weighted by Crippen LogP contribution is 2.26. The molecule has 0 aliphatic carbocycles. The van der Waals surface area contributed by atoms with Crippen LogP contribution in [-0.4, -0.2) is 15.0 Å². The lowest BCUT2D eigenvalue weighted by molar-refractivity contribution is 0.647. The maximum absolute atomic E-state index is 5.96. The first kappa shape index (κ1) is 12.3. The zero-order valence-electron chi connectivity index (χ0n) is 10.8. The average molecular weight is 272 g/mol. The molecule has 0 spiro atoms. The van der Waals surface area contributed by atoms with Crippen LogP contribution in [0, 0.1) is 0 Å². The van der Waals surface area contributed by atoms with Gasteiger partial charge >= 0.3 is 0 Å². The summed E-state index contributed by atoms with van der Waals surface area (Å²) in [6, 6.07) is 8.41. The molecule has 4 nitrogen and oxygen atoms in total. The fraction of sp³-hybridized carbons (Fsp3) is 0.286. The molecule has 0 aliphatic rings. The van der Waals surface area contributed by atoms with Crippen molar-refractivity contribution < 1.29 is 0 Å². The Hall–Kier alpha value is -1.72. The van der Waals surface area contributed by atoms with E-state index in [0.717, 1.165) is 18.7 Å². The molecule has 2 heterocycles. The van der Waals surface area contributed by atoms with E-state index in [9.17, 15) is 0 Å². The van der Waals surface area contributed by atoms with E-state index in [1.165, 1.54) is 15.6 Å².